The van der Waals surface area contributed by atoms with E-state index in [0.717, 1.165) is 30.6 Å². The zero-order chi connectivity index (χ0) is 15.3. The predicted octanol–water partition coefficient (Wildman–Crippen LogP) is 1.74. The Morgan fingerprint density at radius 1 is 1.43 bits per heavy atom. The summed E-state index contributed by atoms with van der Waals surface area (Å²) in [5, 5.41) is 17.7. The van der Waals surface area contributed by atoms with Gasteiger partial charge < -0.3 is 15.7 Å². The highest BCUT2D eigenvalue weighted by molar-refractivity contribution is 7.10. The number of thiophene rings is 1. The molecule has 0 aliphatic heterocycles. The Bertz CT molecular complexity index is 481. The lowest BCUT2D eigenvalue weighted by Gasteiger charge is -2.23. The number of amides is 2. The lowest BCUT2D eigenvalue weighted by atomic mass is 10.0. The Labute approximate surface area is 128 Å². The van der Waals surface area contributed by atoms with Crippen LogP contribution in [-0.4, -0.2) is 29.1 Å². The van der Waals surface area contributed by atoms with Gasteiger partial charge >= 0.3 is 0 Å². The number of carbonyl (C=O) groups excluding carboxylic acids is 2. The summed E-state index contributed by atoms with van der Waals surface area (Å²) in [5.41, 5.74) is -0.748. The summed E-state index contributed by atoms with van der Waals surface area (Å²) < 4.78 is 0. The molecule has 1 unspecified atom stereocenters. The number of aliphatic hydroxyl groups is 1. The van der Waals surface area contributed by atoms with Crippen LogP contribution in [-0.2, 0) is 9.59 Å². The molecule has 1 aromatic heterocycles. The summed E-state index contributed by atoms with van der Waals surface area (Å²) in [6, 6.07) is 3.50. The molecule has 1 aliphatic carbocycles. The van der Waals surface area contributed by atoms with E-state index in [1.54, 1.807) is 0 Å². The van der Waals surface area contributed by atoms with E-state index in [0.29, 0.717) is 6.54 Å². The van der Waals surface area contributed by atoms with Crippen LogP contribution in [0.5, 0.6) is 0 Å². The molecular weight excluding hydrogens is 288 g/mol. The molecule has 1 saturated carbocycles. The van der Waals surface area contributed by atoms with Gasteiger partial charge in [-0.2, -0.15) is 0 Å². The van der Waals surface area contributed by atoms with Gasteiger partial charge in [0.15, 0.2) is 0 Å². The van der Waals surface area contributed by atoms with Gasteiger partial charge in [0.1, 0.15) is 0 Å². The molecular formula is C15H22N2O3S. The van der Waals surface area contributed by atoms with Gasteiger partial charge in [-0.1, -0.05) is 18.9 Å². The molecule has 1 atom stereocenters. The summed E-state index contributed by atoms with van der Waals surface area (Å²) in [7, 11) is 0. The van der Waals surface area contributed by atoms with E-state index in [9.17, 15) is 14.7 Å². The second-order valence-electron chi connectivity index (χ2n) is 5.68. The molecule has 1 aliphatic rings. The van der Waals surface area contributed by atoms with Gasteiger partial charge in [0, 0.05) is 18.3 Å². The van der Waals surface area contributed by atoms with Gasteiger partial charge in [-0.25, -0.2) is 0 Å². The first-order valence-corrected chi connectivity index (χ1v) is 8.16. The van der Waals surface area contributed by atoms with E-state index in [4.69, 9.17) is 0 Å². The highest BCUT2D eigenvalue weighted by Gasteiger charge is 2.31. The fraction of sp³-hybridized carbons (Fsp3) is 0.600. The second kappa shape index (κ2) is 7.04. The van der Waals surface area contributed by atoms with Crippen molar-refractivity contribution >= 4 is 23.2 Å². The minimum atomic E-state index is -0.748. The van der Waals surface area contributed by atoms with E-state index in [1.807, 2.05) is 17.5 Å². The molecule has 6 heteroatoms. The van der Waals surface area contributed by atoms with Crippen molar-refractivity contribution in [2.24, 2.45) is 0 Å². The molecule has 1 aromatic rings. The first kappa shape index (κ1) is 16.0. The quantitative estimate of drug-likeness (QED) is 0.749. The lowest BCUT2D eigenvalue weighted by Crippen LogP contribution is -2.42. The third-order valence-corrected chi connectivity index (χ3v) is 4.79. The molecule has 21 heavy (non-hydrogen) atoms. The zero-order valence-corrected chi connectivity index (χ0v) is 13.0. The van der Waals surface area contributed by atoms with Crippen molar-refractivity contribution in [2.75, 3.05) is 6.54 Å². The summed E-state index contributed by atoms with van der Waals surface area (Å²) in [6.45, 7) is 1.74. The summed E-state index contributed by atoms with van der Waals surface area (Å²) in [6.07, 6.45) is 3.70. The molecule has 3 N–H and O–H groups in total. The monoisotopic (exact) mass is 310 g/mol. The average molecular weight is 310 g/mol. The summed E-state index contributed by atoms with van der Waals surface area (Å²) in [4.78, 5) is 24.3. The van der Waals surface area contributed by atoms with Crippen LogP contribution in [0.25, 0.3) is 0 Å². The van der Waals surface area contributed by atoms with E-state index < -0.39 is 5.60 Å². The molecule has 1 fully saturated rings. The molecule has 2 amide bonds. The van der Waals surface area contributed by atoms with Gasteiger partial charge in [0.05, 0.1) is 18.1 Å². The maximum Gasteiger partial charge on any atom is 0.222 e. The van der Waals surface area contributed by atoms with Gasteiger partial charge in [-0.05, 0) is 24.3 Å². The zero-order valence-electron chi connectivity index (χ0n) is 12.2. The average Bonchev–Trinajstić information content (AvgIpc) is 3.07. The third kappa shape index (κ3) is 4.82. The Kier molecular flexibility index (Phi) is 5.36. The van der Waals surface area contributed by atoms with Crippen molar-refractivity contribution in [1.82, 2.24) is 10.6 Å². The fourth-order valence-corrected chi connectivity index (χ4v) is 3.47. The molecule has 1 heterocycles. The molecule has 5 nitrogen and oxygen atoms in total. The summed E-state index contributed by atoms with van der Waals surface area (Å²) >= 11 is 1.51. The SMILES string of the molecule is CC(=O)NC(CC(=O)NCC1(O)CCCC1)c1cccs1. The molecule has 2 rings (SSSR count). The van der Waals surface area contributed by atoms with Crippen molar-refractivity contribution in [3.8, 4) is 0 Å². The van der Waals surface area contributed by atoms with Crippen LogP contribution >= 0.6 is 11.3 Å². The molecule has 0 bridgehead atoms. The van der Waals surface area contributed by atoms with Crippen LogP contribution in [0.15, 0.2) is 17.5 Å². The largest absolute Gasteiger partial charge is 0.388 e. The van der Waals surface area contributed by atoms with Crippen molar-refractivity contribution < 1.29 is 14.7 Å². The summed E-state index contributed by atoms with van der Waals surface area (Å²) in [5.74, 6) is -0.307. The Morgan fingerprint density at radius 2 is 2.14 bits per heavy atom. The Morgan fingerprint density at radius 3 is 2.71 bits per heavy atom. The Balaban J connectivity index is 1.87. The number of hydrogen-bond donors (Lipinski definition) is 3. The van der Waals surface area contributed by atoms with Crippen molar-refractivity contribution in [3.05, 3.63) is 22.4 Å². The highest BCUT2D eigenvalue weighted by atomic mass is 32.1. The normalized spacial score (nSPS) is 18.2. The first-order chi connectivity index (χ1) is 9.98. The van der Waals surface area contributed by atoms with Crippen LogP contribution in [0.1, 0.15) is 49.9 Å². The van der Waals surface area contributed by atoms with Crippen molar-refractivity contribution in [3.63, 3.8) is 0 Å². The topological polar surface area (TPSA) is 78.4 Å². The maximum absolute atomic E-state index is 12.1. The minimum Gasteiger partial charge on any atom is -0.388 e. The molecule has 116 valence electrons. The number of rotatable bonds is 6. The molecule has 0 aromatic carbocycles. The van der Waals surface area contributed by atoms with Crippen LogP contribution < -0.4 is 10.6 Å². The standard InChI is InChI=1S/C15H22N2O3S/c1-11(18)17-12(13-5-4-8-21-13)9-14(19)16-10-15(20)6-2-3-7-15/h4-5,8,12,20H,2-3,6-7,9-10H2,1H3,(H,16,19)(H,17,18). The number of carbonyl (C=O) groups is 2. The third-order valence-electron chi connectivity index (χ3n) is 3.80. The first-order valence-electron chi connectivity index (χ1n) is 7.28. The van der Waals surface area contributed by atoms with Crippen LogP contribution in [0.3, 0.4) is 0 Å². The Hall–Kier alpha value is -1.40. The van der Waals surface area contributed by atoms with Crippen molar-refractivity contribution in [2.45, 2.75) is 50.7 Å². The van der Waals surface area contributed by atoms with Gasteiger partial charge in [-0.3, -0.25) is 9.59 Å². The predicted molar refractivity (Wildman–Crippen MR) is 81.9 cm³/mol. The van der Waals surface area contributed by atoms with Gasteiger partial charge in [0.25, 0.3) is 0 Å². The highest BCUT2D eigenvalue weighted by Crippen LogP contribution is 2.28. The van der Waals surface area contributed by atoms with E-state index in [1.165, 1.54) is 18.3 Å². The van der Waals surface area contributed by atoms with Crippen LogP contribution in [0, 0.1) is 0 Å². The second-order valence-corrected chi connectivity index (χ2v) is 6.66. The number of hydrogen-bond acceptors (Lipinski definition) is 4. The van der Waals surface area contributed by atoms with E-state index in [2.05, 4.69) is 10.6 Å². The smallest absolute Gasteiger partial charge is 0.222 e. The number of nitrogens with one attached hydrogen (secondary N) is 2. The molecule has 0 saturated heterocycles. The maximum atomic E-state index is 12.1. The fourth-order valence-electron chi connectivity index (χ4n) is 2.69. The van der Waals surface area contributed by atoms with Gasteiger partial charge in [0.2, 0.25) is 11.8 Å². The van der Waals surface area contributed by atoms with Crippen LogP contribution in [0.4, 0.5) is 0 Å². The van der Waals surface area contributed by atoms with Gasteiger partial charge in [-0.15, -0.1) is 11.3 Å². The molecule has 0 radical (unpaired) electrons. The van der Waals surface area contributed by atoms with Crippen LogP contribution in [0.2, 0.25) is 0 Å². The minimum absolute atomic E-state index is 0.150. The lowest BCUT2D eigenvalue weighted by molar-refractivity contribution is -0.123. The van der Waals surface area contributed by atoms with E-state index in [-0.39, 0.29) is 24.3 Å². The van der Waals surface area contributed by atoms with E-state index >= 15 is 0 Å². The molecule has 0 spiro atoms. The van der Waals surface area contributed by atoms with Crippen molar-refractivity contribution in [1.29, 1.82) is 0 Å².